The Kier molecular flexibility index (Phi) is 5.23. The molecule has 1 aliphatic heterocycles. The molecular weight excluding hydrogens is 260 g/mol. The maximum Gasteiger partial charge on any atom is 0.317 e. The van der Waals surface area contributed by atoms with Crippen molar-refractivity contribution in [3.63, 3.8) is 0 Å². The Hall–Kier alpha value is -1.30. The van der Waals surface area contributed by atoms with Crippen LogP contribution >= 0.6 is 0 Å². The van der Waals surface area contributed by atoms with Crippen LogP contribution in [0.5, 0.6) is 0 Å². The number of carboxylic acids is 1. The first-order valence-corrected chi connectivity index (χ1v) is 7.40. The third kappa shape index (κ3) is 4.37. The number of hydrogen-bond donors (Lipinski definition) is 2. The standard InChI is InChI=1S/C14H24N2O4/c1-10-2-3-11(6-10)8-15-14(19)16-4-5-20-12(9-16)7-13(17)18/h10-12H,2-9H2,1H3,(H,15,19)(H,17,18). The predicted molar refractivity (Wildman–Crippen MR) is 73.5 cm³/mol. The Bertz CT molecular complexity index is 361. The molecule has 2 amide bonds. The second-order valence-electron chi connectivity index (χ2n) is 6.01. The van der Waals surface area contributed by atoms with E-state index in [0.717, 1.165) is 12.5 Å². The second-order valence-corrected chi connectivity index (χ2v) is 6.01. The van der Waals surface area contributed by atoms with Crippen molar-refractivity contribution in [3.8, 4) is 0 Å². The minimum Gasteiger partial charge on any atom is -0.481 e. The fourth-order valence-corrected chi connectivity index (χ4v) is 3.08. The molecule has 0 radical (unpaired) electrons. The van der Waals surface area contributed by atoms with Gasteiger partial charge in [-0.05, 0) is 24.7 Å². The molecule has 20 heavy (non-hydrogen) atoms. The van der Waals surface area contributed by atoms with Gasteiger partial charge in [-0.25, -0.2) is 4.79 Å². The lowest BCUT2D eigenvalue weighted by Gasteiger charge is -2.32. The average Bonchev–Trinajstić information content (AvgIpc) is 2.81. The van der Waals surface area contributed by atoms with Crippen LogP contribution in [0.2, 0.25) is 0 Å². The van der Waals surface area contributed by atoms with Crippen molar-refractivity contribution >= 4 is 12.0 Å². The lowest BCUT2D eigenvalue weighted by atomic mass is 10.1. The molecule has 114 valence electrons. The first-order chi connectivity index (χ1) is 9.54. The number of nitrogens with one attached hydrogen (secondary N) is 1. The summed E-state index contributed by atoms with van der Waals surface area (Å²) in [5.41, 5.74) is 0. The van der Waals surface area contributed by atoms with Gasteiger partial charge in [-0.3, -0.25) is 4.79 Å². The van der Waals surface area contributed by atoms with E-state index in [0.29, 0.717) is 25.6 Å². The highest BCUT2D eigenvalue weighted by Gasteiger charge is 2.27. The number of aliphatic carboxylic acids is 1. The van der Waals surface area contributed by atoms with Crippen LogP contribution in [-0.4, -0.2) is 54.4 Å². The number of amides is 2. The summed E-state index contributed by atoms with van der Waals surface area (Å²) in [5.74, 6) is 0.460. The number of rotatable bonds is 4. The molecule has 0 aromatic carbocycles. The van der Waals surface area contributed by atoms with Crippen molar-refractivity contribution in [1.82, 2.24) is 10.2 Å². The summed E-state index contributed by atoms with van der Waals surface area (Å²) < 4.78 is 5.36. The third-order valence-electron chi connectivity index (χ3n) is 4.17. The highest BCUT2D eigenvalue weighted by Crippen LogP contribution is 2.29. The summed E-state index contributed by atoms with van der Waals surface area (Å²) in [6.07, 6.45) is 3.18. The molecule has 1 saturated carbocycles. The molecule has 2 N–H and O–H groups in total. The van der Waals surface area contributed by atoms with E-state index in [-0.39, 0.29) is 12.5 Å². The molecule has 2 fully saturated rings. The topological polar surface area (TPSA) is 78.9 Å². The Morgan fingerprint density at radius 3 is 2.85 bits per heavy atom. The molecule has 2 rings (SSSR count). The monoisotopic (exact) mass is 284 g/mol. The SMILES string of the molecule is CC1CCC(CNC(=O)N2CCOC(CC(=O)O)C2)C1. The Morgan fingerprint density at radius 2 is 2.20 bits per heavy atom. The van der Waals surface area contributed by atoms with E-state index >= 15 is 0 Å². The van der Waals surface area contributed by atoms with E-state index in [1.807, 2.05) is 0 Å². The van der Waals surface area contributed by atoms with E-state index in [9.17, 15) is 9.59 Å². The van der Waals surface area contributed by atoms with Gasteiger partial charge in [-0.15, -0.1) is 0 Å². The number of carbonyl (C=O) groups is 2. The minimum absolute atomic E-state index is 0.0517. The fourth-order valence-electron chi connectivity index (χ4n) is 3.08. The zero-order valence-corrected chi connectivity index (χ0v) is 12.0. The van der Waals surface area contributed by atoms with Crippen LogP contribution in [-0.2, 0) is 9.53 Å². The number of ether oxygens (including phenoxy) is 1. The van der Waals surface area contributed by atoms with Gasteiger partial charge in [0.25, 0.3) is 0 Å². The average molecular weight is 284 g/mol. The van der Waals surface area contributed by atoms with Crippen molar-refractivity contribution < 1.29 is 19.4 Å². The Morgan fingerprint density at radius 1 is 1.40 bits per heavy atom. The van der Waals surface area contributed by atoms with Crippen molar-refractivity contribution in [2.75, 3.05) is 26.2 Å². The van der Waals surface area contributed by atoms with Crippen LogP contribution in [0, 0.1) is 11.8 Å². The molecule has 0 spiro atoms. The van der Waals surface area contributed by atoms with Gasteiger partial charge in [0.05, 0.1) is 19.1 Å². The molecule has 1 heterocycles. The van der Waals surface area contributed by atoms with Gasteiger partial charge >= 0.3 is 12.0 Å². The van der Waals surface area contributed by atoms with Gasteiger partial charge in [0, 0.05) is 19.6 Å². The van der Waals surface area contributed by atoms with Crippen molar-refractivity contribution in [3.05, 3.63) is 0 Å². The summed E-state index contributed by atoms with van der Waals surface area (Å²) in [6, 6.07) is -0.0942. The van der Waals surface area contributed by atoms with Gasteiger partial charge in [0.15, 0.2) is 0 Å². The highest BCUT2D eigenvalue weighted by molar-refractivity contribution is 5.74. The van der Waals surface area contributed by atoms with Crippen molar-refractivity contribution in [2.45, 2.75) is 38.7 Å². The third-order valence-corrected chi connectivity index (χ3v) is 4.17. The first-order valence-electron chi connectivity index (χ1n) is 7.40. The molecule has 3 atom stereocenters. The number of carboxylic acid groups (broad SMARTS) is 1. The summed E-state index contributed by atoms with van der Waals surface area (Å²) >= 11 is 0. The quantitative estimate of drug-likeness (QED) is 0.816. The van der Waals surface area contributed by atoms with E-state index in [4.69, 9.17) is 9.84 Å². The minimum atomic E-state index is -0.891. The predicted octanol–water partition coefficient (Wildman–Crippen LogP) is 1.31. The van der Waals surface area contributed by atoms with Gasteiger partial charge < -0.3 is 20.1 Å². The lowest BCUT2D eigenvalue weighted by molar-refractivity contribution is -0.141. The van der Waals surface area contributed by atoms with Gasteiger partial charge in [0.2, 0.25) is 0 Å². The molecule has 1 aliphatic carbocycles. The fraction of sp³-hybridized carbons (Fsp3) is 0.857. The largest absolute Gasteiger partial charge is 0.481 e. The molecule has 1 saturated heterocycles. The number of nitrogens with zero attached hydrogens (tertiary/aromatic N) is 1. The molecule has 2 aliphatic rings. The number of morpholine rings is 1. The van der Waals surface area contributed by atoms with Crippen LogP contribution in [0.3, 0.4) is 0 Å². The number of urea groups is 1. The zero-order chi connectivity index (χ0) is 14.5. The van der Waals surface area contributed by atoms with Crippen LogP contribution in [0.1, 0.15) is 32.6 Å². The first kappa shape index (κ1) is 15.1. The van der Waals surface area contributed by atoms with Crippen LogP contribution in [0.15, 0.2) is 0 Å². The van der Waals surface area contributed by atoms with Crippen molar-refractivity contribution in [2.24, 2.45) is 11.8 Å². The van der Waals surface area contributed by atoms with Crippen LogP contribution in [0.4, 0.5) is 4.79 Å². The van der Waals surface area contributed by atoms with Gasteiger partial charge in [0.1, 0.15) is 0 Å². The molecule has 0 aromatic heterocycles. The maximum absolute atomic E-state index is 12.1. The van der Waals surface area contributed by atoms with E-state index in [1.54, 1.807) is 4.90 Å². The van der Waals surface area contributed by atoms with E-state index in [2.05, 4.69) is 12.2 Å². The second kappa shape index (κ2) is 6.92. The molecule has 6 heteroatoms. The van der Waals surface area contributed by atoms with Gasteiger partial charge in [-0.1, -0.05) is 13.3 Å². The highest BCUT2D eigenvalue weighted by atomic mass is 16.5. The molecular formula is C14H24N2O4. The summed E-state index contributed by atoms with van der Waals surface area (Å²) in [6.45, 7) is 4.28. The molecule has 0 aromatic rings. The summed E-state index contributed by atoms with van der Waals surface area (Å²) in [4.78, 5) is 24.4. The van der Waals surface area contributed by atoms with Crippen LogP contribution in [0.25, 0.3) is 0 Å². The van der Waals surface area contributed by atoms with E-state index in [1.165, 1.54) is 19.3 Å². The smallest absolute Gasteiger partial charge is 0.317 e. The number of hydrogen-bond acceptors (Lipinski definition) is 3. The maximum atomic E-state index is 12.1. The molecule has 3 unspecified atom stereocenters. The Balaban J connectivity index is 1.72. The van der Waals surface area contributed by atoms with Crippen LogP contribution < -0.4 is 5.32 Å². The summed E-state index contributed by atoms with van der Waals surface area (Å²) in [7, 11) is 0. The molecule has 6 nitrogen and oxygen atoms in total. The van der Waals surface area contributed by atoms with Crippen molar-refractivity contribution in [1.29, 1.82) is 0 Å². The van der Waals surface area contributed by atoms with Gasteiger partial charge in [-0.2, -0.15) is 0 Å². The number of carbonyl (C=O) groups excluding carboxylic acids is 1. The molecule has 0 bridgehead atoms. The zero-order valence-electron chi connectivity index (χ0n) is 12.0. The lowest BCUT2D eigenvalue weighted by Crippen LogP contribution is -2.50. The summed E-state index contributed by atoms with van der Waals surface area (Å²) in [5, 5.41) is 11.7. The normalized spacial score (nSPS) is 30.2. The Labute approximate surface area is 119 Å². The van der Waals surface area contributed by atoms with E-state index < -0.39 is 12.1 Å².